The van der Waals surface area contributed by atoms with Gasteiger partial charge in [0.15, 0.2) is 4.34 Å². The number of nitrogens with zero attached hydrogens (tertiary/aromatic N) is 2. The van der Waals surface area contributed by atoms with E-state index in [9.17, 15) is 14.4 Å². The van der Waals surface area contributed by atoms with Gasteiger partial charge in [-0.3, -0.25) is 14.9 Å². The molecule has 4 aromatic rings. The van der Waals surface area contributed by atoms with Crippen LogP contribution in [0, 0.1) is 0 Å². The van der Waals surface area contributed by atoms with Crippen LogP contribution in [0.1, 0.15) is 27.6 Å². The topological polar surface area (TPSA) is 110 Å². The first kappa shape index (κ1) is 23.4. The molecule has 3 aromatic carbocycles. The zero-order chi connectivity index (χ0) is 23.9. The Morgan fingerprint density at radius 2 is 1.65 bits per heavy atom. The molecule has 0 spiro atoms. The number of carbonyl (C=O) groups excluding carboxylic acids is 3. The first-order valence-corrected chi connectivity index (χ1v) is 12.2. The standard InChI is InChI=1S/C24H20N4O4S2/c1-2-32-22(31)18-11-5-6-13-19(18)25-20(29)14-33-24-28-27-23(34-24)26-21(30)17-12-7-9-15-8-3-4-10-16(15)17/h3-13H,2,14H2,1H3,(H,25,29)(H,26,27,30). The Morgan fingerprint density at radius 1 is 0.912 bits per heavy atom. The molecule has 10 heteroatoms. The first-order valence-electron chi connectivity index (χ1n) is 10.4. The van der Waals surface area contributed by atoms with E-state index in [0.717, 1.165) is 10.8 Å². The lowest BCUT2D eigenvalue weighted by Crippen LogP contribution is -2.17. The zero-order valence-corrected chi connectivity index (χ0v) is 19.7. The van der Waals surface area contributed by atoms with Gasteiger partial charge in [0.2, 0.25) is 11.0 Å². The monoisotopic (exact) mass is 492 g/mol. The van der Waals surface area contributed by atoms with Gasteiger partial charge in [0, 0.05) is 5.56 Å². The maximum atomic E-state index is 12.8. The molecule has 0 radical (unpaired) electrons. The first-order chi connectivity index (χ1) is 16.5. The Morgan fingerprint density at radius 3 is 2.50 bits per heavy atom. The summed E-state index contributed by atoms with van der Waals surface area (Å²) in [6, 6.07) is 19.8. The van der Waals surface area contributed by atoms with Crippen LogP contribution >= 0.6 is 23.1 Å². The van der Waals surface area contributed by atoms with Crippen molar-refractivity contribution in [3.63, 3.8) is 0 Å². The van der Waals surface area contributed by atoms with E-state index in [1.165, 1.54) is 23.1 Å². The second kappa shape index (κ2) is 10.9. The van der Waals surface area contributed by atoms with E-state index in [1.54, 1.807) is 37.3 Å². The van der Waals surface area contributed by atoms with Crippen molar-refractivity contribution in [2.24, 2.45) is 0 Å². The number of thioether (sulfide) groups is 1. The summed E-state index contributed by atoms with van der Waals surface area (Å²) in [4.78, 5) is 37.2. The zero-order valence-electron chi connectivity index (χ0n) is 18.1. The number of nitrogens with one attached hydrogen (secondary N) is 2. The van der Waals surface area contributed by atoms with Gasteiger partial charge in [0.25, 0.3) is 5.91 Å². The van der Waals surface area contributed by atoms with Crippen LogP contribution in [0.2, 0.25) is 0 Å². The number of hydrogen-bond donors (Lipinski definition) is 2. The average molecular weight is 493 g/mol. The van der Waals surface area contributed by atoms with E-state index in [1.807, 2.05) is 36.4 Å². The third kappa shape index (κ3) is 5.59. The SMILES string of the molecule is CCOC(=O)c1ccccc1NC(=O)CSc1nnc(NC(=O)c2cccc3ccccc23)s1. The third-order valence-corrected chi connectivity index (χ3v) is 6.66. The largest absolute Gasteiger partial charge is 0.462 e. The molecule has 0 saturated heterocycles. The fraction of sp³-hybridized carbons (Fsp3) is 0.125. The lowest BCUT2D eigenvalue weighted by atomic mass is 10.0. The summed E-state index contributed by atoms with van der Waals surface area (Å²) in [5, 5.41) is 15.7. The summed E-state index contributed by atoms with van der Waals surface area (Å²) in [6.07, 6.45) is 0. The van der Waals surface area contributed by atoms with Crippen molar-refractivity contribution in [3.8, 4) is 0 Å². The Hall–Kier alpha value is -3.76. The van der Waals surface area contributed by atoms with Crippen molar-refractivity contribution >= 4 is 62.5 Å². The summed E-state index contributed by atoms with van der Waals surface area (Å²) in [5.74, 6) is -1.03. The lowest BCUT2D eigenvalue weighted by molar-refractivity contribution is -0.113. The van der Waals surface area contributed by atoms with Gasteiger partial charge in [0.1, 0.15) is 0 Å². The van der Waals surface area contributed by atoms with E-state index in [0.29, 0.717) is 20.7 Å². The van der Waals surface area contributed by atoms with Crippen molar-refractivity contribution in [1.82, 2.24) is 10.2 Å². The molecule has 0 unspecified atom stereocenters. The molecular formula is C24H20N4O4S2. The molecule has 0 aliphatic heterocycles. The quantitative estimate of drug-likeness (QED) is 0.205. The average Bonchev–Trinajstić information content (AvgIpc) is 3.30. The fourth-order valence-corrected chi connectivity index (χ4v) is 4.75. The second-order valence-corrected chi connectivity index (χ2v) is 9.16. The summed E-state index contributed by atoms with van der Waals surface area (Å²) >= 11 is 2.36. The molecule has 4 rings (SSSR count). The summed E-state index contributed by atoms with van der Waals surface area (Å²) in [5.41, 5.74) is 1.21. The summed E-state index contributed by atoms with van der Waals surface area (Å²) in [7, 11) is 0. The fourth-order valence-electron chi connectivity index (χ4n) is 3.20. The Kier molecular flexibility index (Phi) is 7.51. The van der Waals surface area contributed by atoms with Crippen molar-refractivity contribution < 1.29 is 19.1 Å². The number of esters is 1. The van der Waals surface area contributed by atoms with E-state index in [4.69, 9.17) is 4.74 Å². The van der Waals surface area contributed by atoms with E-state index in [2.05, 4.69) is 20.8 Å². The van der Waals surface area contributed by atoms with Crippen LogP contribution in [0.25, 0.3) is 10.8 Å². The van der Waals surface area contributed by atoms with Gasteiger partial charge in [-0.25, -0.2) is 4.79 Å². The van der Waals surface area contributed by atoms with Gasteiger partial charge in [-0.1, -0.05) is 71.6 Å². The minimum Gasteiger partial charge on any atom is -0.462 e. The molecule has 172 valence electrons. The van der Waals surface area contributed by atoms with Crippen LogP contribution < -0.4 is 10.6 Å². The molecule has 0 saturated carbocycles. The number of hydrogen-bond acceptors (Lipinski definition) is 8. The number of ether oxygens (including phenoxy) is 1. The van der Waals surface area contributed by atoms with E-state index in [-0.39, 0.29) is 29.7 Å². The van der Waals surface area contributed by atoms with Crippen LogP contribution in [0.3, 0.4) is 0 Å². The summed E-state index contributed by atoms with van der Waals surface area (Å²) < 4.78 is 5.55. The highest BCUT2D eigenvalue weighted by molar-refractivity contribution is 8.01. The van der Waals surface area contributed by atoms with Gasteiger partial charge in [-0.05, 0) is 35.9 Å². The Balaban J connectivity index is 1.35. The number of carbonyl (C=O) groups is 3. The normalized spacial score (nSPS) is 10.6. The Labute approximate surface area is 203 Å². The molecule has 34 heavy (non-hydrogen) atoms. The molecule has 0 aliphatic carbocycles. The predicted molar refractivity (Wildman–Crippen MR) is 134 cm³/mol. The molecule has 1 heterocycles. The van der Waals surface area contributed by atoms with Gasteiger partial charge in [0.05, 0.1) is 23.6 Å². The number of aromatic nitrogens is 2. The second-order valence-electron chi connectivity index (χ2n) is 6.96. The molecule has 0 fully saturated rings. The molecule has 0 bridgehead atoms. The minimum absolute atomic E-state index is 0.0586. The van der Waals surface area contributed by atoms with Crippen molar-refractivity contribution in [2.45, 2.75) is 11.3 Å². The smallest absolute Gasteiger partial charge is 0.340 e. The summed E-state index contributed by atoms with van der Waals surface area (Å²) in [6.45, 7) is 1.96. The highest BCUT2D eigenvalue weighted by Crippen LogP contribution is 2.27. The highest BCUT2D eigenvalue weighted by atomic mass is 32.2. The molecule has 1 aromatic heterocycles. The molecule has 8 nitrogen and oxygen atoms in total. The van der Waals surface area contributed by atoms with Crippen molar-refractivity contribution in [3.05, 3.63) is 77.9 Å². The maximum absolute atomic E-state index is 12.8. The number of amides is 2. The van der Waals surface area contributed by atoms with Crippen molar-refractivity contribution in [2.75, 3.05) is 23.0 Å². The van der Waals surface area contributed by atoms with Crippen LogP contribution in [-0.4, -0.2) is 40.3 Å². The molecular weight excluding hydrogens is 472 g/mol. The highest BCUT2D eigenvalue weighted by Gasteiger charge is 2.16. The molecule has 2 N–H and O–H groups in total. The van der Waals surface area contributed by atoms with Crippen LogP contribution in [0.5, 0.6) is 0 Å². The number of anilines is 2. The van der Waals surface area contributed by atoms with Crippen LogP contribution in [-0.2, 0) is 9.53 Å². The van der Waals surface area contributed by atoms with Gasteiger partial charge >= 0.3 is 5.97 Å². The number of rotatable bonds is 8. The number of para-hydroxylation sites is 1. The number of fused-ring (bicyclic) bond motifs is 1. The van der Waals surface area contributed by atoms with Crippen LogP contribution in [0.15, 0.2) is 71.1 Å². The van der Waals surface area contributed by atoms with Crippen molar-refractivity contribution in [1.29, 1.82) is 0 Å². The Bertz CT molecular complexity index is 1350. The molecule has 2 amide bonds. The molecule has 0 aliphatic rings. The maximum Gasteiger partial charge on any atom is 0.340 e. The third-order valence-electron chi connectivity index (χ3n) is 4.68. The number of benzene rings is 3. The lowest BCUT2D eigenvalue weighted by Gasteiger charge is -2.09. The minimum atomic E-state index is -0.498. The van der Waals surface area contributed by atoms with Gasteiger partial charge < -0.3 is 10.1 Å². The van der Waals surface area contributed by atoms with E-state index < -0.39 is 5.97 Å². The van der Waals surface area contributed by atoms with Gasteiger partial charge in [-0.15, -0.1) is 10.2 Å². The predicted octanol–water partition coefficient (Wildman–Crippen LogP) is 4.85. The van der Waals surface area contributed by atoms with Gasteiger partial charge in [-0.2, -0.15) is 0 Å². The van der Waals surface area contributed by atoms with E-state index >= 15 is 0 Å². The van der Waals surface area contributed by atoms with Crippen LogP contribution in [0.4, 0.5) is 10.8 Å². The molecule has 0 atom stereocenters.